The molecule has 3 aliphatic heterocycles. The Labute approximate surface area is 168 Å². The van der Waals surface area contributed by atoms with Gasteiger partial charge >= 0.3 is 0 Å². The lowest BCUT2D eigenvalue weighted by Gasteiger charge is -2.48. The predicted octanol–water partition coefficient (Wildman–Crippen LogP) is 1.58. The van der Waals surface area contributed by atoms with Gasteiger partial charge in [0.1, 0.15) is 24.2 Å². The van der Waals surface area contributed by atoms with Crippen LogP contribution in [0.2, 0.25) is 0 Å². The number of fused-ring (bicyclic) bond motifs is 3. The van der Waals surface area contributed by atoms with Crippen molar-refractivity contribution in [1.29, 1.82) is 5.26 Å². The van der Waals surface area contributed by atoms with Crippen molar-refractivity contribution < 1.29 is 9.84 Å². The molecule has 29 heavy (non-hydrogen) atoms. The quantitative estimate of drug-likeness (QED) is 0.682. The number of pyridine rings is 2. The molecule has 2 N–H and O–H groups in total. The lowest BCUT2D eigenvalue weighted by molar-refractivity contribution is 0.122. The monoisotopic (exact) mass is 390 g/mol. The average molecular weight is 390 g/mol. The zero-order chi connectivity index (χ0) is 20.0. The Morgan fingerprint density at radius 1 is 1.34 bits per heavy atom. The average Bonchev–Trinajstić information content (AvgIpc) is 3.14. The van der Waals surface area contributed by atoms with Crippen LogP contribution < -0.4 is 15.0 Å². The van der Waals surface area contributed by atoms with Crippen LogP contribution in [0.5, 0.6) is 5.75 Å². The van der Waals surface area contributed by atoms with E-state index in [1.807, 2.05) is 24.4 Å². The summed E-state index contributed by atoms with van der Waals surface area (Å²) in [7, 11) is 0. The van der Waals surface area contributed by atoms with Crippen LogP contribution >= 0.6 is 0 Å². The van der Waals surface area contributed by atoms with Crippen LogP contribution in [0.1, 0.15) is 18.9 Å². The molecule has 8 heteroatoms. The lowest BCUT2D eigenvalue weighted by Crippen LogP contribution is -2.67. The second kappa shape index (κ2) is 7.03. The van der Waals surface area contributed by atoms with Crippen molar-refractivity contribution in [2.24, 2.45) is 0 Å². The van der Waals surface area contributed by atoms with Crippen molar-refractivity contribution in [3.63, 3.8) is 0 Å². The van der Waals surface area contributed by atoms with E-state index in [4.69, 9.17) is 4.74 Å². The minimum Gasteiger partial charge on any atom is -0.489 e. The molecule has 0 amide bonds. The number of hydrogen-bond acceptors (Lipinski definition) is 7. The van der Waals surface area contributed by atoms with Crippen LogP contribution in [0.3, 0.4) is 0 Å². The number of nitrogens with one attached hydrogen (secondary N) is 1. The number of hydrogen-bond donors (Lipinski definition) is 2. The van der Waals surface area contributed by atoms with Crippen LogP contribution in [0.15, 0.2) is 36.8 Å². The molecule has 2 unspecified atom stereocenters. The van der Waals surface area contributed by atoms with Crippen LogP contribution in [0.4, 0.5) is 5.82 Å². The summed E-state index contributed by atoms with van der Waals surface area (Å²) in [5.74, 6) is 1.55. The third-order valence-electron chi connectivity index (χ3n) is 5.50. The molecule has 0 saturated carbocycles. The van der Waals surface area contributed by atoms with Crippen molar-refractivity contribution in [2.75, 3.05) is 24.6 Å². The molecule has 3 fully saturated rings. The summed E-state index contributed by atoms with van der Waals surface area (Å²) in [6.45, 7) is 3.82. The van der Waals surface area contributed by atoms with Gasteiger partial charge in [-0.25, -0.2) is 9.50 Å². The number of piperidine rings is 1. The Balaban J connectivity index is 1.50. The molecule has 0 radical (unpaired) electrons. The van der Waals surface area contributed by atoms with Gasteiger partial charge in [-0.05, 0) is 31.5 Å². The number of nitrogens with zero attached hydrogens (tertiary/aromatic N) is 5. The molecule has 3 atom stereocenters. The Bertz CT molecular complexity index is 1070. The van der Waals surface area contributed by atoms with E-state index < -0.39 is 6.10 Å². The van der Waals surface area contributed by atoms with Crippen molar-refractivity contribution in [1.82, 2.24) is 19.9 Å². The second-order valence-corrected chi connectivity index (χ2v) is 7.82. The van der Waals surface area contributed by atoms with Crippen molar-refractivity contribution >= 4 is 11.3 Å². The number of piperazine rings is 1. The first kappa shape index (κ1) is 17.9. The van der Waals surface area contributed by atoms with Gasteiger partial charge in [0.15, 0.2) is 0 Å². The summed E-state index contributed by atoms with van der Waals surface area (Å²) in [4.78, 5) is 7.00. The van der Waals surface area contributed by atoms with Crippen molar-refractivity contribution in [2.45, 2.75) is 31.5 Å². The maximum absolute atomic E-state index is 9.52. The van der Waals surface area contributed by atoms with Gasteiger partial charge in [0, 0.05) is 42.5 Å². The Hall–Kier alpha value is -3.15. The normalized spacial score (nSPS) is 21.5. The molecule has 6 heterocycles. The SMILES string of the molecule is C[C@@H](O)COc1cc(-c2ccc(N3CC4CC(C3)N4)nc2)c2c(C#N)cnn2c1. The molecule has 6 rings (SSSR count). The third-order valence-corrected chi connectivity index (χ3v) is 5.50. The Kier molecular flexibility index (Phi) is 4.34. The van der Waals surface area contributed by atoms with E-state index in [1.165, 1.54) is 6.42 Å². The Morgan fingerprint density at radius 3 is 2.79 bits per heavy atom. The maximum Gasteiger partial charge on any atom is 0.138 e. The number of aromatic nitrogens is 3. The highest BCUT2D eigenvalue weighted by Crippen LogP contribution is 2.32. The van der Waals surface area contributed by atoms with E-state index in [-0.39, 0.29) is 6.61 Å². The number of anilines is 1. The number of aliphatic hydroxyl groups is 1. The third kappa shape index (κ3) is 3.28. The van der Waals surface area contributed by atoms with E-state index in [0.29, 0.717) is 23.4 Å². The molecule has 3 aromatic rings. The summed E-state index contributed by atoms with van der Waals surface area (Å²) in [5.41, 5.74) is 2.92. The molecule has 8 nitrogen and oxygen atoms in total. The van der Waals surface area contributed by atoms with Gasteiger partial charge < -0.3 is 20.1 Å². The summed E-state index contributed by atoms with van der Waals surface area (Å²) in [6.07, 6.45) is 5.78. The Morgan fingerprint density at radius 2 is 2.14 bits per heavy atom. The van der Waals surface area contributed by atoms with Crippen molar-refractivity contribution in [3.05, 3.63) is 42.4 Å². The molecule has 3 aromatic heterocycles. The fraction of sp³-hybridized carbons (Fsp3) is 0.381. The molecule has 0 spiro atoms. The molecule has 148 valence electrons. The van der Waals surface area contributed by atoms with Gasteiger partial charge in [-0.15, -0.1) is 0 Å². The highest BCUT2D eigenvalue weighted by atomic mass is 16.5. The largest absolute Gasteiger partial charge is 0.489 e. The van der Waals surface area contributed by atoms with Crippen LogP contribution in [-0.2, 0) is 0 Å². The summed E-state index contributed by atoms with van der Waals surface area (Å²) in [5, 5.41) is 26.8. The predicted molar refractivity (Wildman–Crippen MR) is 108 cm³/mol. The molecule has 3 saturated heterocycles. The topological polar surface area (TPSA) is 98.7 Å². The minimum absolute atomic E-state index is 0.180. The highest BCUT2D eigenvalue weighted by Gasteiger charge is 2.36. The van der Waals surface area contributed by atoms with Crippen molar-refractivity contribution in [3.8, 4) is 22.9 Å². The number of aliphatic hydroxyl groups excluding tert-OH is 1. The minimum atomic E-state index is -0.576. The first-order valence-electron chi connectivity index (χ1n) is 9.80. The van der Waals surface area contributed by atoms with Crippen LogP contribution in [0, 0.1) is 11.3 Å². The van der Waals surface area contributed by atoms with E-state index >= 15 is 0 Å². The molecule has 0 aliphatic carbocycles. The number of ether oxygens (including phenoxy) is 1. The van der Waals surface area contributed by atoms with Gasteiger partial charge in [0.2, 0.25) is 0 Å². The first-order chi connectivity index (χ1) is 14.1. The molecule has 2 bridgehead atoms. The maximum atomic E-state index is 9.52. The molecule has 3 aliphatic rings. The highest BCUT2D eigenvalue weighted by molar-refractivity contribution is 5.85. The molecular weight excluding hydrogens is 368 g/mol. The van der Waals surface area contributed by atoms with Crippen LogP contribution in [-0.4, -0.2) is 57.6 Å². The number of rotatable bonds is 5. The zero-order valence-corrected chi connectivity index (χ0v) is 16.1. The summed E-state index contributed by atoms with van der Waals surface area (Å²) >= 11 is 0. The van der Waals surface area contributed by atoms with Gasteiger partial charge in [-0.3, -0.25) is 0 Å². The van der Waals surface area contributed by atoms with Gasteiger partial charge in [0.25, 0.3) is 0 Å². The second-order valence-electron chi connectivity index (χ2n) is 7.82. The standard InChI is InChI=1S/C21H22N6O2/c1-13(28)12-29-18-5-19(21-15(6-22)8-24-27(21)11-18)14-2-3-20(23-7-14)26-9-16-4-17(10-26)25-16/h2-3,5,7-8,11,13,16-17,25,28H,4,9-10,12H2,1H3/t13-,16?,17?/m1/s1. The van der Waals surface area contributed by atoms with E-state index in [9.17, 15) is 10.4 Å². The number of nitriles is 1. The summed E-state index contributed by atoms with van der Waals surface area (Å²) < 4.78 is 7.33. The van der Waals surface area contributed by atoms with E-state index in [2.05, 4.69) is 26.4 Å². The van der Waals surface area contributed by atoms with E-state index in [0.717, 1.165) is 35.6 Å². The van der Waals surface area contributed by atoms with Gasteiger partial charge in [0.05, 0.1) is 29.6 Å². The smallest absolute Gasteiger partial charge is 0.138 e. The fourth-order valence-corrected chi connectivity index (χ4v) is 4.13. The fourth-order valence-electron chi connectivity index (χ4n) is 4.13. The molecule has 0 aromatic carbocycles. The van der Waals surface area contributed by atoms with E-state index in [1.54, 1.807) is 23.8 Å². The van der Waals surface area contributed by atoms with Gasteiger partial charge in [-0.2, -0.15) is 10.4 Å². The summed E-state index contributed by atoms with van der Waals surface area (Å²) in [6, 6.07) is 9.27. The molecular formula is C21H22N6O2. The lowest BCUT2D eigenvalue weighted by atomic mass is 9.91. The first-order valence-corrected chi connectivity index (χ1v) is 9.80. The van der Waals surface area contributed by atoms with Gasteiger partial charge in [-0.1, -0.05) is 0 Å². The zero-order valence-electron chi connectivity index (χ0n) is 16.1. The van der Waals surface area contributed by atoms with Crippen LogP contribution in [0.25, 0.3) is 16.6 Å².